The molecular formula is C20H26N2O4S. The van der Waals surface area contributed by atoms with Crippen LogP contribution in [0.2, 0.25) is 0 Å². The first kappa shape index (κ1) is 20.8. The lowest BCUT2D eigenvalue weighted by atomic mass is 10.1. The standard InChI is InChI=1S/C20H26N2O4S/c1-4-26-19-11-9-18(10-12-19)22(27(3,24)25)14-13-20(23)21-15-17-7-5-16(2)6-8-17/h5-12H,4,13-15H2,1-3H3,(H,21,23). The minimum atomic E-state index is -3.50. The van der Waals surface area contributed by atoms with Crippen molar-refractivity contribution in [2.45, 2.75) is 26.8 Å². The predicted octanol–water partition coefficient (Wildman–Crippen LogP) is 2.87. The van der Waals surface area contributed by atoms with E-state index in [0.717, 1.165) is 17.4 Å². The molecule has 0 bridgehead atoms. The van der Waals surface area contributed by atoms with Gasteiger partial charge in [-0.3, -0.25) is 9.10 Å². The van der Waals surface area contributed by atoms with Crippen molar-refractivity contribution < 1.29 is 17.9 Å². The molecule has 0 saturated heterocycles. The van der Waals surface area contributed by atoms with Crippen molar-refractivity contribution in [3.8, 4) is 5.75 Å². The van der Waals surface area contributed by atoms with E-state index in [9.17, 15) is 13.2 Å². The highest BCUT2D eigenvalue weighted by Gasteiger charge is 2.18. The van der Waals surface area contributed by atoms with Crippen LogP contribution in [-0.4, -0.2) is 33.7 Å². The highest BCUT2D eigenvalue weighted by atomic mass is 32.2. The average molecular weight is 391 g/mol. The van der Waals surface area contributed by atoms with Gasteiger partial charge in [0.2, 0.25) is 15.9 Å². The number of ether oxygens (including phenoxy) is 1. The SMILES string of the molecule is CCOc1ccc(N(CCC(=O)NCc2ccc(C)cc2)S(C)(=O)=O)cc1. The molecule has 0 heterocycles. The van der Waals surface area contributed by atoms with Crippen molar-refractivity contribution in [1.82, 2.24) is 5.32 Å². The van der Waals surface area contributed by atoms with Crippen LogP contribution in [0.3, 0.4) is 0 Å². The Hall–Kier alpha value is -2.54. The van der Waals surface area contributed by atoms with Gasteiger partial charge in [0.25, 0.3) is 0 Å². The van der Waals surface area contributed by atoms with Gasteiger partial charge in [0.1, 0.15) is 5.75 Å². The second-order valence-corrected chi connectivity index (χ2v) is 8.18. The Morgan fingerprint density at radius 3 is 2.26 bits per heavy atom. The molecule has 0 unspecified atom stereocenters. The first-order valence-electron chi connectivity index (χ1n) is 8.82. The average Bonchev–Trinajstić information content (AvgIpc) is 2.62. The van der Waals surface area contributed by atoms with E-state index >= 15 is 0 Å². The number of amides is 1. The third-order valence-electron chi connectivity index (χ3n) is 3.99. The molecule has 2 aromatic carbocycles. The molecule has 1 N–H and O–H groups in total. The number of benzene rings is 2. The molecule has 0 radical (unpaired) electrons. The maximum atomic E-state index is 12.1. The first-order valence-corrected chi connectivity index (χ1v) is 10.7. The molecule has 0 fully saturated rings. The van der Waals surface area contributed by atoms with Crippen LogP contribution in [0.4, 0.5) is 5.69 Å². The van der Waals surface area contributed by atoms with Gasteiger partial charge in [0, 0.05) is 19.5 Å². The van der Waals surface area contributed by atoms with E-state index in [2.05, 4.69) is 5.32 Å². The monoisotopic (exact) mass is 390 g/mol. The second kappa shape index (κ2) is 9.41. The number of anilines is 1. The van der Waals surface area contributed by atoms with Crippen LogP contribution in [0.5, 0.6) is 5.75 Å². The molecule has 2 rings (SSSR count). The van der Waals surface area contributed by atoms with Gasteiger partial charge in [-0.15, -0.1) is 0 Å². The zero-order chi connectivity index (χ0) is 19.9. The molecule has 0 aliphatic rings. The molecule has 2 aromatic rings. The van der Waals surface area contributed by atoms with E-state index in [1.807, 2.05) is 38.1 Å². The van der Waals surface area contributed by atoms with Crippen molar-refractivity contribution in [3.63, 3.8) is 0 Å². The molecule has 27 heavy (non-hydrogen) atoms. The zero-order valence-electron chi connectivity index (χ0n) is 15.9. The Bertz CT molecular complexity index is 847. The Morgan fingerprint density at radius 1 is 1.07 bits per heavy atom. The summed E-state index contributed by atoms with van der Waals surface area (Å²) in [6.07, 6.45) is 1.21. The maximum Gasteiger partial charge on any atom is 0.232 e. The van der Waals surface area contributed by atoms with Gasteiger partial charge in [-0.2, -0.15) is 0 Å². The maximum absolute atomic E-state index is 12.1. The lowest BCUT2D eigenvalue weighted by molar-refractivity contribution is -0.121. The van der Waals surface area contributed by atoms with Crippen LogP contribution in [0, 0.1) is 6.92 Å². The summed E-state index contributed by atoms with van der Waals surface area (Å²) < 4.78 is 30.9. The van der Waals surface area contributed by atoms with Crippen LogP contribution in [0.25, 0.3) is 0 Å². The molecule has 0 aromatic heterocycles. The Balaban J connectivity index is 1.95. The molecule has 6 nitrogen and oxygen atoms in total. The highest BCUT2D eigenvalue weighted by Crippen LogP contribution is 2.22. The Kier molecular flexibility index (Phi) is 7.24. The van der Waals surface area contributed by atoms with E-state index in [4.69, 9.17) is 4.74 Å². The summed E-state index contributed by atoms with van der Waals surface area (Å²) in [6, 6.07) is 14.7. The molecule has 0 saturated carbocycles. The molecular weight excluding hydrogens is 364 g/mol. The van der Waals surface area contributed by atoms with E-state index in [-0.39, 0.29) is 18.9 Å². The fourth-order valence-electron chi connectivity index (χ4n) is 2.56. The summed E-state index contributed by atoms with van der Waals surface area (Å²) in [4.78, 5) is 12.1. The summed E-state index contributed by atoms with van der Waals surface area (Å²) in [7, 11) is -3.50. The van der Waals surface area contributed by atoms with E-state index in [1.54, 1.807) is 24.3 Å². The van der Waals surface area contributed by atoms with Crippen molar-refractivity contribution >= 4 is 21.6 Å². The predicted molar refractivity (Wildman–Crippen MR) is 107 cm³/mol. The topological polar surface area (TPSA) is 75.7 Å². The van der Waals surface area contributed by atoms with Gasteiger partial charge >= 0.3 is 0 Å². The summed E-state index contributed by atoms with van der Waals surface area (Å²) >= 11 is 0. The van der Waals surface area contributed by atoms with Crippen molar-refractivity contribution in [2.24, 2.45) is 0 Å². The fraction of sp³-hybridized carbons (Fsp3) is 0.350. The molecule has 0 spiro atoms. The molecule has 0 aliphatic carbocycles. The normalized spacial score (nSPS) is 11.1. The Labute approximate surface area is 161 Å². The Morgan fingerprint density at radius 2 is 1.70 bits per heavy atom. The van der Waals surface area contributed by atoms with Crippen LogP contribution in [0.15, 0.2) is 48.5 Å². The van der Waals surface area contributed by atoms with Gasteiger partial charge < -0.3 is 10.1 Å². The fourth-order valence-corrected chi connectivity index (χ4v) is 3.49. The van der Waals surface area contributed by atoms with Gasteiger partial charge in [-0.25, -0.2) is 8.42 Å². The lowest BCUT2D eigenvalue weighted by Gasteiger charge is -2.22. The quantitative estimate of drug-likeness (QED) is 0.714. The summed E-state index contributed by atoms with van der Waals surface area (Å²) in [5.74, 6) is 0.473. The number of hydrogen-bond acceptors (Lipinski definition) is 4. The number of sulfonamides is 1. The molecule has 1 amide bonds. The van der Waals surface area contributed by atoms with Crippen LogP contribution >= 0.6 is 0 Å². The van der Waals surface area contributed by atoms with Crippen molar-refractivity contribution in [1.29, 1.82) is 0 Å². The van der Waals surface area contributed by atoms with Crippen LogP contribution in [0.1, 0.15) is 24.5 Å². The first-order chi connectivity index (χ1) is 12.8. The lowest BCUT2D eigenvalue weighted by Crippen LogP contribution is -2.34. The van der Waals surface area contributed by atoms with Crippen molar-refractivity contribution in [2.75, 3.05) is 23.7 Å². The third kappa shape index (κ3) is 6.60. The zero-order valence-corrected chi connectivity index (χ0v) is 16.8. The largest absolute Gasteiger partial charge is 0.494 e. The van der Waals surface area contributed by atoms with Gasteiger partial charge in [-0.05, 0) is 43.7 Å². The van der Waals surface area contributed by atoms with Crippen LogP contribution < -0.4 is 14.4 Å². The van der Waals surface area contributed by atoms with E-state index < -0.39 is 10.0 Å². The number of nitrogens with zero attached hydrogens (tertiary/aromatic N) is 1. The molecule has 146 valence electrons. The van der Waals surface area contributed by atoms with Gasteiger partial charge in [-0.1, -0.05) is 29.8 Å². The summed E-state index contributed by atoms with van der Waals surface area (Å²) in [5, 5.41) is 2.82. The number of carbonyl (C=O) groups is 1. The number of aryl methyl sites for hydroxylation is 1. The molecule has 0 atom stereocenters. The number of hydrogen-bond donors (Lipinski definition) is 1. The van der Waals surface area contributed by atoms with Crippen molar-refractivity contribution in [3.05, 3.63) is 59.7 Å². The summed E-state index contributed by atoms with van der Waals surface area (Å²) in [6.45, 7) is 4.92. The third-order valence-corrected chi connectivity index (χ3v) is 5.18. The molecule has 7 heteroatoms. The minimum Gasteiger partial charge on any atom is -0.494 e. The van der Waals surface area contributed by atoms with E-state index in [0.29, 0.717) is 24.6 Å². The number of nitrogens with one attached hydrogen (secondary N) is 1. The van der Waals surface area contributed by atoms with E-state index in [1.165, 1.54) is 4.31 Å². The van der Waals surface area contributed by atoms with Gasteiger partial charge in [0.15, 0.2) is 0 Å². The molecule has 0 aliphatic heterocycles. The summed E-state index contributed by atoms with van der Waals surface area (Å²) in [5.41, 5.74) is 2.66. The smallest absolute Gasteiger partial charge is 0.232 e. The van der Waals surface area contributed by atoms with Gasteiger partial charge in [0.05, 0.1) is 18.6 Å². The highest BCUT2D eigenvalue weighted by molar-refractivity contribution is 7.92. The number of carbonyl (C=O) groups excluding carboxylic acids is 1. The number of rotatable bonds is 9. The van der Waals surface area contributed by atoms with Crippen LogP contribution in [-0.2, 0) is 21.4 Å². The minimum absolute atomic E-state index is 0.0755. The second-order valence-electron chi connectivity index (χ2n) is 6.27.